The lowest BCUT2D eigenvalue weighted by Gasteiger charge is -2.29. The number of fused-ring (bicyclic) bond motifs is 5. The van der Waals surface area contributed by atoms with E-state index in [-0.39, 0.29) is 37.4 Å². The number of anilines is 1. The number of hydrogen-bond donors (Lipinski definition) is 3. The fourth-order valence-corrected chi connectivity index (χ4v) is 5.19. The highest BCUT2D eigenvalue weighted by Gasteiger charge is 2.29. The molecule has 0 saturated heterocycles. The van der Waals surface area contributed by atoms with Crippen LogP contribution >= 0.6 is 0 Å². The predicted molar refractivity (Wildman–Crippen MR) is 174 cm³/mol. The first-order valence-electron chi connectivity index (χ1n) is 15.5. The monoisotopic (exact) mass is 618 g/mol. The van der Waals surface area contributed by atoms with Crippen LogP contribution in [0, 0.1) is 0 Å². The molecular formula is C33H46N8O4. The summed E-state index contributed by atoms with van der Waals surface area (Å²) in [6, 6.07) is 15.9. The first kappa shape index (κ1) is 33.6. The number of rotatable bonds is 13. The number of nitrogens with one attached hydrogen (secondary N) is 3. The molecule has 0 unspecified atom stereocenters. The Morgan fingerprint density at radius 3 is 2.47 bits per heavy atom. The molecule has 12 heteroatoms. The molecule has 0 spiro atoms. The topological polar surface area (TPSA) is 134 Å². The van der Waals surface area contributed by atoms with E-state index in [1.165, 1.54) is 4.90 Å². The van der Waals surface area contributed by atoms with Gasteiger partial charge in [0.2, 0.25) is 11.8 Å². The molecular weight excluding hydrogens is 572 g/mol. The second-order valence-corrected chi connectivity index (χ2v) is 12.2. The quantitative estimate of drug-likeness (QED) is 0.249. The van der Waals surface area contributed by atoms with Gasteiger partial charge >= 0.3 is 6.03 Å². The normalized spacial score (nSPS) is 12.5. The maximum absolute atomic E-state index is 13.8. The van der Waals surface area contributed by atoms with Crippen molar-refractivity contribution in [2.45, 2.75) is 71.7 Å². The SMILES string of the molecule is CNC(=O)N(C)COC(C)(C)CCNC(=O)CCC(=O)N1Cc2ccccc2-c2nnn(CCNC(C)C)c2-c2ccccc21. The molecule has 45 heavy (non-hydrogen) atoms. The highest BCUT2D eigenvalue weighted by atomic mass is 16.5. The predicted octanol–water partition coefficient (Wildman–Crippen LogP) is 3.77. The standard InChI is InChI=1S/C33H46N8O4/c1-23(2)35-19-20-41-31-26-13-9-10-14-27(26)40(21-24-11-7-8-12-25(24)30(31)37-38-41)29(43)16-15-28(42)36-18-17-33(3,4)45-22-39(6)32(44)34-5/h7-14,23,35H,15-22H2,1-6H3,(H,34,44)(H,36,42). The Labute approximate surface area is 265 Å². The van der Waals surface area contributed by atoms with E-state index in [9.17, 15) is 14.4 Å². The van der Waals surface area contributed by atoms with Gasteiger partial charge in [0.15, 0.2) is 0 Å². The van der Waals surface area contributed by atoms with Gasteiger partial charge in [-0.05, 0) is 31.9 Å². The molecule has 12 nitrogen and oxygen atoms in total. The summed E-state index contributed by atoms with van der Waals surface area (Å²) in [5, 5.41) is 18.0. The van der Waals surface area contributed by atoms with E-state index in [4.69, 9.17) is 4.74 Å². The van der Waals surface area contributed by atoms with Gasteiger partial charge in [0, 0.05) is 57.2 Å². The summed E-state index contributed by atoms with van der Waals surface area (Å²) < 4.78 is 7.76. The number of ether oxygens (including phenoxy) is 1. The molecule has 1 aliphatic rings. The first-order chi connectivity index (χ1) is 21.5. The van der Waals surface area contributed by atoms with Crippen LogP contribution in [0.25, 0.3) is 22.5 Å². The maximum atomic E-state index is 13.8. The third-order valence-electron chi connectivity index (χ3n) is 7.79. The van der Waals surface area contributed by atoms with Crippen LogP contribution in [0.15, 0.2) is 48.5 Å². The molecule has 2 aromatic carbocycles. The zero-order valence-corrected chi connectivity index (χ0v) is 27.2. The van der Waals surface area contributed by atoms with E-state index < -0.39 is 5.60 Å². The summed E-state index contributed by atoms with van der Waals surface area (Å²) >= 11 is 0. The van der Waals surface area contributed by atoms with Gasteiger partial charge in [-0.3, -0.25) is 9.59 Å². The number of carbonyl (C=O) groups excluding carboxylic acids is 3. The molecule has 3 aromatic rings. The van der Waals surface area contributed by atoms with Crippen LogP contribution in [-0.4, -0.2) is 83.3 Å². The minimum Gasteiger partial charge on any atom is -0.356 e. The molecule has 1 aromatic heterocycles. The fourth-order valence-electron chi connectivity index (χ4n) is 5.19. The van der Waals surface area contributed by atoms with Crippen LogP contribution in [-0.2, 0) is 27.4 Å². The molecule has 242 valence electrons. The third-order valence-corrected chi connectivity index (χ3v) is 7.79. The van der Waals surface area contributed by atoms with Gasteiger partial charge in [-0.2, -0.15) is 0 Å². The Morgan fingerprint density at radius 2 is 1.73 bits per heavy atom. The average molecular weight is 619 g/mol. The van der Waals surface area contributed by atoms with Gasteiger partial charge in [-0.15, -0.1) is 5.10 Å². The largest absolute Gasteiger partial charge is 0.356 e. The summed E-state index contributed by atoms with van der Waals surface area (Å²) in [4.78, 5) is 41.5. The van der Waals surface area contributed by atoms with E-state index in [2.05, 4.69) is 40.1 Å². The van der Waals surface area contributed by atoms with Crippen molar-refractivity contribution in [2.75, 3.05) is 38.8 Å². The molecule has 0 saturated carbocycles. The van der Waals surface area contributed by atoms with Crippen molar-refractivity contribution in [3.8, 4) is 22.5 Å². The Morgan fingerprint density at radius 1 is 1.02 bits per heavy atom. The minimum absolute atomic E-state index is 0.0574. The molecule has 0 radical (unpaired) electrons. The van der Waals surface area contributed by atoms with Crippen molar-refractivity contribution in [2.24, 2.45) is 0 Å². The molecule has 4 amide bonds. The summed E-state index contributed by atoms with van der Waals surface area (Å²) in [5.74, 6) is -0.346. The number of para-hydroxylation sites is 1. The highest BCUT2D eigenvalue weighted by Crippen LogP contribution is 2.41. The van der Waals surface area contributed by atoms with Crippen molar-refractivity contribution < 1.29 is 19.1 Å². The van der Waals surface area contributed by atoms with Crippen LogP contribution in [0.5, 0.6) is 0 Å². The average Bonchev–Trinajstić information content (AvgIpc) is 3.43. The van der Waals surface area contributed by atoms with E-state index >= 15 is 0 Å². The lowest BCUT2D eigenvalue weighted by molar-refractivity contribution is -0.125. The van der Waals surface area contributed by atoms with Gasteiger partial charge in [0.25, 0.3) is 0 Å². The second-order valence-electron chi connectivity index (χ2n) is 12.2. The number of aromatic nitrogens is 3. The van der Waals surface area contributed by atoms with Crippen LogP contribution in [0.3, 0.4) is 0 Å². The third kappa shape index (κ3) is 8.67. The summed E-state index contributed by atoms with van der Waals surface area (Å²) in [5.41, 5.74) is 4.64. The van der Waals surface area contributed by atoms with Crippen LogP contribution < -0.4 is 20.9 Å². The van der Waals surface area contributed by atoms with Crippen molar-refractivity contribution in [1.82, 2.24) is 35.8 Å². The number of urea groups is 1. The summed E-state index contributed by atoms with van der Waals surface area (Å²) in [7, 11) is 3.21. The lowest BCUT2D eigenvalue weighted by Crippen LogP contribution is -2.40. The summed E-state index contributed by atoms with van der Waals surface area (Å²) in [6.07, 6.45) is 0.661. The molecule has 0 atom stereocenters. The molecule has 1 aliphatic heterocycles. The lowest BCUT2D eigenvalue weighted by atomic mass is 9.95. The molecule has 0 fully saturated rings. The van der Waals surface area contributed by atoms with E-state index in [0.717, 1.165) is 40.3 Å². The van der Waals surface area contributed by atoms with Gasteiger partial charge in [0.1, 0.15) is 12.4 Å². The van der Waals surface area contributed by atoms with E-state index in [0.29, 0.717) is 32.1 Å². The molecule has 0 bridgehead atoms. The van der Waals surface area contributed by atoms with Gasteiger partial charge in [-0.25, -0.2) is 9.48 Å². The van der Waals surface area contributed by atoms with E-state index in [1.807, 2.05) is 67.1 Å². The van der Waals surface area contributed by atoms with Crippen LogP contribution in [0.1, 0.15) is 52.5 Å². The van der Waals surface area contributed by atoms with Crippen molar-refractivity contribution in [1.29, 1.82) is 0 Å². The number of carbonyl (C=O) groups is 3. The zero-order valence-electron chi connectivity index (χ0n) is 27.2. The van der Waals surface area contributed by atoms with Crippen LogP contribution in [0.2, 0.25) is 0 Å². The number of hydrogen-bond acceptors (Lipinski definition) is 7. The number of amides is 4. The van der Waals surface area contributed by atoms with Crippen molar-refractivity contribution in [3.05, 3.63) is 54.1 Å². The minimum atomic E-state index is -0.557. The zero-order chi connectivity index (χ0) is 32.6. The van der Waals surface area contributed by atoms with Gasteiger partial charge in [0.05, 0.1) is 30.1 Å². The number of nitrogens with zero attached hydrogens (tertiary/aromatic N) is 5. The first-order valence-corrected chi connectivity index (χ1v) is 15.5. The highest BCUT2D eigenvalue weighted by molar-refractivity contribution is 6.01. The Balaban J connectivity index is 1.45. The summed E-state index contributed by atoms with van der Waals surface area (Å²) in [6.45, 7) is 10.2. The molecule has 2 heterocycles. The fraction of sp³-hybridized carbons (Fsp3) is 0.485. The second kappa shape index (κ2) is 15.1. The smallest absolute Gasteiger partial charge is 0.318 e. The van der Waals surface area contributed by atoms with Crippen molar-refractivity contribution in [3.63, 3.8) is 0 Å². The van der Waals surface area contributed by atoms with E-state index in [1.54, 1.807) is 19.0 Å². The van der Waals surface area contributed by atoms with Crippen molar-refractivity contribution >= 4 is 23.5 Å². The number of benzene rings is 2. The Bertz CT molecular complexity index is 1480. The Hall–Kier alpha value is -4.29. The van der Waals surface area contributed by atoms with Gasteiger partial charge in [-0.1, -0.05) is 61.5 Å². The van der Waals surface area contributed by atoms with Gasteiger partial charge < -0.3 is 30.5 Å². The Kier molecular flexibility index (Phi) is 11.3. The maximum Gasteiger partial charge on any atom is 0.318 e. The molecule has 0 aliphatic carbocycles. The molecule has 4 rings (SSSR count). The molecule has 3 N–H and O–H groups in total. The van der Waals surface area contributed by atoms with Crippen LogP contribution in [0.4, 0.5) is 10.5 Å².